The first-order valence-corrected chi connectivity index (χ1v) is 7.56. The maximum absolute atomic E-state index is 5.12. The van der Waals surface area contributed by atoms with Gasteiger partial charge in [0.15, 0.2) is 0 Å². The minimum absolute atomic E-state index is 0.956. The number of hydrogen-bond acceptors (Lipinski definition) is 1. The zero-order valence-electron chi connectivity index (χ0n) is 12.9. The Kier molecular flexibility index (Phi) is 4.70. The highest BCUT2D eigenvalue weighted by atomic mass is 16.3. The minimum Gasteiger partial charge on any atom is -0.464 e. The fraction of sp³-hybridized carbons (Fsp3) is 0. The lowest BCUT2D eigenvalue weighted by atomic mass is 10.0. The van der Waals surface area contributed by atoms with Gasteiger partial charge in [-0.1, -0.05) is 85.4 Å². The maximum Gasteiger partial charge on any atom is 0.133 e. The Balaban J connectivity index is 0.000000149. The van der Waals surface area contributed by atoms with Gasteiger partial charge in [0.25, 0.3) is 0 Å². The van der Waals surface area contributed by atoms with E-state index in [1.54, 1.807) is 6.26 Å². The third-order valence-electron chi connectivity index (χ3n) is 3.61. The molecule has 0 atom stereocenters. The van der Waals surface area contributed by atoms with Gasteiger partial charge in [0.1, 0.15) is 5.58 Å². The summed E-state index contributed by atoms with van der Waals surface area (Å²) in [5.41, 5.74) is 4.39. The minimum atomic E-state index is 0.956. The first-order valence-electron chi connectivity index (χ1n) is 7.56. The van der Waals surface area contributed by atoms with Crippen LogP contribution in [0.3, 0.4) is 0 Å². The van der Waals surface area contributed by atoms with Crippen LogP contribution in [0.5, 0.6) is 0 Å². The summed E-state index contributed by atoms with van der Waals surface area (Å²) in [6.45, 7) is 4.10. The van der Waals surface area contributed by atoms with Crippen LogP contribution in [0.1, 0.15) is 11.1 Å². The number of hydrogen-bond donors (Lipinski definition) is 0. The maximum atomic E-state index is 5.12. The average Bonchev–Trinajstić information content (AvgIpc) is 3.12. The van der Waals surface area contributed by atoms with Gasteiger partial charge in [0.2, 0.25) is 0 Å². The van der Waals surface area contributed by atoms with Crippen LogP contribution in [0.25, 0.3) is 16.5 Å². The van der Waals surface area contributed by atoms with Gasteiger partial charge in [-0.3, -0.25) is 0 Å². The Labute approximate surface area is 136 Å². The molecule has 3 aromatic carbocycles. The lowest BCUT2D eigenvalue weighted by Crippen LogP contribution is -1.84. The molecule has 0 amide bonds. The van der Waals surface area contributed by atoms with Crippen molar-refractivity contribution in [2.75, 3.05) is 0 Å². The fourth-order valence-electron chi connectivity index (χ4n) is 2.35. The van der Waals surface area contributed by atoms with Crippen molar-refractivity contribution in [3.05, 3.63) is 115 Å². The zero-order valence-corrected chi connectivity index (χ0v) is 12.9. The number of rotatable bonds is 2. The Hall–Kier alpha value is -3.06. The van der Waals surface area contributed by atoms with Gasteiger partial charge >= 0.3 is 0 Å². The van der Waals surface area contributed by atoms with Gasteiger partial charge < -0.3 is 4.42 Å². The standard InChI is InChI=1S/C14H12.C8H6O/c1-12(13-8-4-2-5-9-13)14-10-6-3-7-11-14;1-2-4-8-7(3-1)5-6-9-8/h2-11H,1H2;1-6H. The molecule has 0 bridgehead atoms. The molecular weight excluding hydrogens is 280 g/mol. The molecule has 0 aliphatic carbocycles. The van der Waals surface area contributed by atoms with E-state index in [1.165, 1.54) is 11.1 Å². The summed E-state index contributed by atoms with van der Waals surface area (Å²) in [5.74, 6) is 0. The van der Waals surface area contributed by atoms with Gasteiger partial charge in [-0.05, 0) is 28.8 Å². The van der Waals surface area contributed by atoms with E-state index in [0.717, 1.165) is 16.5 Å². The van der Waals surface area contributed by atoms with Crippen LogP contribution in [-0.2, 0) is 0 Å². The fourth-order valence-corrected chi connectivity index (χ4v) is 2.35. The SMILES string of the molecule is C=C(c1ccccc1)c1ccccc1.c1ccc2occc2c1. The normalized spacial score (nSPS) is 9.91. The Morgan fingerprint density at radius 1 is 0.609 bits per heavy atom. The third kappa shape index (κ3) is 3.78. The van der Waals surface area contributed by atoms with Crippen LogP contribution >= 0.6 is 0 Å². The molecule has 1 aromatic heterocycles. The van der Waals surface area contributed by atoms with Crippen molar-refractivity contribution < 1.29 is 4.42 Å². The monoisotopic (exact) mass is 298 g/mol. The van der Waals surface area contributed by atoms with E-state index < -0.39 is 0 Å². The van der Waals surface area contributed by atoms with Crippen molar-refractivity contribution in [3.8, 4) is 0 Å². The second kappa shape index (κ2) is 7.28. The van der Waals surface area contributed by atoms with Gasteiger partial charge in [0.05, 0.1) is 6.26 Å². The van der Waals surface area contributed by atoms with E-state index in [2.05, 4.69) is 30.8 Å². The molecule has 1 heterocycles. The van der Waals surface area contributed by atoms with E-state index in [1.807, 2.05) is 66.7 Å². The third-order valence-corrected chi connectivity index (χ3v) is 3.61. The van der Waals surface area contributed by atoms with Crippen LogP contribution in [0.2, 0.25) is 0 Å². The van der Waals surface area contributed by atoms with Gasteiger partial charge in [-0.2, -0.15) is 0 Å². The summed E-state index contributed by atoms with van der Waals surface area (Å²) in [4.78, 5) is 0. The molecule has 0 radical (unpaired) electrons. The number of furan rings is 1. The van der Waals surface area contributed by atoms with Gasteiger partial charge in [0, 0.05) is 5.39 Å². The predicted octanol–water partition coefficient (Wildman–Crippen LogP) is 6.18. The second-order valence-electron chi connectivity index (χ2n) is 5.17. The Bertz CT molecular complexity index is 802. The first-order chi connectivity index (χ1) is 11.3. The molecule has 23 heavy (non-hydrogen) atoms. The highest BCUT2D eigenvalue weighted by Crippen LogP contribution is 2.20. The van der Waals surface area contributed by atoms with Crippen LogP contribution in [-0.4, -0.2) is 0 Å². The van der Waals surface area contributed by atoms with Crippen molar-refractivity contribution in [3.63, 3.8) is 0 Å². The van der Waals surface area contributed by atoms with E-state index in [0.29, 0.717) is 0 Å². The van der Waals surface area contributed by atoms with Crippen LogP contribution in [0.15, 0.2) is 108 Å². The second-order valence-corrected chi connectivity index (χ2v) is 5.17. The molecule has 0 fully saturated rings. The summed E-state index contributed by atoms with van der Waals surface area (Å²) < 4.78 is 5.12. The molecule has 0 unspecified atom stereocenters. The van der Waals surface area contributed by atoms with E-state index in [9.17, 15) is 0 Å². The van der Waals surface area contributed by atoms with Gasteiger partial charge in [-0.25, -0.2) is 0 Å². The smallest absolute Gasteiger partial charge is 0.133 e. The molecule has 0 aliphatic rings. The molecule has 0 N–H and O–H groups in total. The largest absolute Gasteiger partial charge is 0.464 e. The average molecular weight is 298 g/mol. The molecule has 4 aromatic rings. The van der Waals surface area contributed by atoms with E-state index in [4.69, 9.17) is 4.42 Å². The lowest BCUT2D eigenvalue weighted by Gasteiger charge is -2.04. The highest BCUT2D eigenvalue weighted by molar-refractivity contribution is 5.78. The molecule has 0 aliphatic heterocycles. The van der Waals surface area contributed by atoms with Crippen LogP contribution in [0, 0.1) is 0 Å². The number of fused-ring (bicyclic) bond motifs is 1. The molecule has 0 spiro atoms. The first kappa shape index (κ1) is 14.9. The summed E-state index contributed by atoms with van der Waals surface area (Å²) in [6, 6.07) is 30.4. The van der Waals surface area contributed by atoms with E-state index in [-0.39, 0.29) is 0 Å². The molecule has 0 saturated heterocycles. The molecule has 112 valence electrons. The molecule has 4 rings (SSSR count). The Morgan fingerprint density at radius 3 is 1.70 bits per heavy atom. The summed E-state index contributed by atoms with van der Waals surface area (Å²) in [5, 5.41) is 1.16. The topological polar surface area (TPSA) is 13.1 Å². The van der Waals surface area contributed by atoms with Crippen molar-refractivity contribution in [1.82, 2.24) is 0 Å². The summed E-state index contributed by atoms with van der Waals surface area (Å²) in [7, 11) is 0. The molecular formula is C22H18O. The van der Waals surface area contributed by atoms with Gasteiger partial charge in [-0.15, -0.1) is 0 Å². The van der Waals surface area contributed by atoms with Crippen LogP contribution in [0.4, 0.5) is 0 Å². The van der Waals surface area contributed by atoms with Crippen molar-refractivity contribution in [1.29, 1.82) is 0 Å². The quantitative estimate of drug-likeness (QED) is 0.430. The molecule has 0 saturated carbocycles. The summed E-state index contributed by atoms with van der Waals surface area (Å²) in [6.07, 6.45) is 1.70. The van der Waals surface area contributed by atoms with Crippen LogP contribution < -0.4 is 0 Å². The molecule has 1 heteroatoms. The summed E-state index contributed by atoms with van der Waals surface area (Å²) >= 11 is 0. The van der Waals surface area contributed by atoms with E-state index >= 15 is 0 Å². The molecule has 1 nitrogen and oxygen atoms in total. The van der Waals surface area contributed by atoms with Crippen molar-refractivity contribution >= 4 is 16.5 Å². The van der Waals surface area contributed by atoms with Crippen molar-refractivity contribution in [2.45, 2.75) is 0 Å². The Morgan fingerprint density at radius 2 is 1.13 bits per heavy atom. The number of para-hydroxylation sites is 1. The van der Waals surface area contributed by atoms with Crippen molar-refractivity contribution in [2.24, 2.45) is 0 Å². The number of benzene rings is 3. The highest BCUT2D eigenvalue weighted by Gasteiger charge is 1.99. The zero-order chi connectivity index (χ0) is 15.9. The lowest BCUT2D eigenvalue weighted by molar-refractivity contribution is 0.616. The predicted molar refractivity (Wildman–Crippen MR) is 97.2 cm³/mol.